The lowest BCUT2D eigenvalue weighted by molar-refractivity contribution is 0.439. The Morgan fingerprint density at radius 3 is 2.33 bits per heavy atom. The molecule has 0 radical (unpaired) electrons. The SMILES string of the molecule is Cl.Nc1ccc(-c2nccnc2C2CNC2)cc1. The molecule has 1 aromatic heterocycles. The van der Waals surface area contributed by atoms with Gasteiger partial charge in [0.1, 0.15) is 0 Å². The van der Waals surface area contributed by atoms with Gasteiger partial charge in [0, 0.05) is 42.7 Å². The van der Waals surface area contributed by atoms with Gasteiger partial charge in [-0.3, -0.25) is 9.97 Å². The zero-order valence-electron chi connectivity index (χ0n) is 9.84. The molecular weight excluding hydrogens is 248 g/mol. The Labute approximate surface area is 112 Å². The van der Waals surface area contributed by atoms with Crippen LogP contribution in [0.5, 0.6) is 0 Å². The number of hydrogen-bond donors (Lipinski definition) is 2. The molecule has 3 N–H and O–H groups in total. The molecule has 4 nitrogen and oxygen atoms in total. The number of anilines is 1. The zero-order valence-corrected chi connectivity index (χ0v) is 10.7. The molecule has 0 amide bonds. The molecule has 1 aliphatic rings. The van der Waals surface area contributed by atoms with Crippen LogP contribution in [0.4, 0.5) is 5.69 Å². The van der Waals surface area contributed by atoms with E-state index in [-0.39, 0.29) is 12.4 Å². The van der Waals surface area contributed by atoms with Crippen LogP contribution in [0, 0.1) is 0 Å². The molecule has 94 valence electrons. The molecule has 18 heavy (non-hydrogen) atoms. The molecule has 0 atom stereocenters. The first kappa shape index (κ1) is 12.8. The predicted octanol–water partition coefficient (Wildman–Crippen LogP) is 1.83. The van der Waals surface area contributed by atoms with Gasteiger partial charge in [0.15, 0.2) is 0 Å². The third-order valence-electron chi connectivity index (χ3n) is 3.08. The zero-order chi connectivity index (χ0) is 11.7. The molecule has 2 heterocycles. The van der Waals surface area contributed by atoms with E-state index >= 15 is 0 Å². The number of hydrogen-bond acceptors (Lipinski definition) is 4. The van der Waals surface area contributed by atoms with Gasteiger partial charge in [0.05, 0.1) is 11.4 Å². The van der Waals surface area contributed by atoms with Crippen molar-refractivity contribution in [2.45, 2.75) is 5.92 Å². The average Bonchev–Trinajstić information content (AvgIpc) is 2.29. The van der Waals surface area contributed by atoms with Gasteiger partial charge in [0.25, 0.3) is 0 Å². The van der Waals surface area contributed by atoms with Crippen molar-refractivity contribution in [1.29, 1.82) is 0 Å². The van der Waals surface area contributed by atoms with Crippen molar-refractivity contribution in [1.82, 2.24) is 15.3 Å². The summed E-state index contributed by atoms with van der Waals surface area (Å²) in [4.78, 5) is 8.92. The fraction of sp³-hybridized carbons (Fsp3) is 0.231. The highest BCUT2D eigenvalue weighted by Gasteiger charge is 2.24. The minimum Gasteiger partial charge on any atom is -0.399 e. The van der Waals surface area contributed by atoms with E-state index in [4.69, 9.17) is 5.73 Å². The lowest BCUT2D eigenvalue weighted by Crippen LogP contribution is -2.40. The van der Waals surface area contributed by atoms with Crippen molar-refractivity contribution in [3.8, 4) is 11.3 Å². The molecule has 0 unspecified atom stereocenters. The summed E-state index contributed by atoms with van der Waals surface area (Å²) in [5.74, 6) is 0.483. The van der Waals surface area contributed by atoms with E-state index in [0.717, 1.165) is 35.7 Å². The number of nitrogens with zero attached hydrogens (tertiary/aromatic N) is 2. The van der Waals surface area contributed by atoms with E-state index in [2.05, 4.69) is 15.3 Å². The number of benzene rings is 1. The molecular formula is C13H15ClN4. The Morgan fingerprint density at radius 2 is 1.72 bits per heavy atom. The summed E-state index contributed by atoms with van der Waals surface area (Å²) in [6, 6.07) is 7.78. The number of aromatic nitrogens is 2. The summed E-state index contributed by atoms with van der Waals surface area (Å²) in [7, 11) is 0. The first-order valence-corrected chi connectivity index (χ1v) is 5.72. The van der Waals surface area contributed by atoms with E-state index in [1.165, 1.54) is 0 Å². The summed E-state index contributed by atoms with van der Waals surface area (Å²) < 4.78 is 0. The Morgan fingerprint density at radius 1 is 1.06 bits per heavy atom. The lowest BCUT2D eigenvalue weighted by atomic mass is 9.94. The second kappa shape index (κ2) is 5.33. The minimum atomic E-state index is 0. The predicted molar refractivity (Wildman–Crippen MR) is 74.7 cm³/mol. The van der Waals surface area contributed by atoms with Gasteiger partial charge in [0.2, 0.25) is 0 Å². The molecule has 0 bridgehead atoms. The highest BCUT2D eigenvalue weighted by atomic mass is 35.5. The fourth-order valence-corrected chi connectivity index (χ4v) is 1.99. The van der Waals surface area contributed by atoms with Crippen LogP contribution in [0.2, 0.25) is 0 Å². The van der Waals surface area contributed by atoms with Crippen LogP contribution in [0.15, 0.2) is 36.7 Å². The summed E-state index contributed by atoms with van der Waals surface area (Å²) in [6.07, 6.45) is 3.50. The maximum absolute atomic E-state index is 5.69. The molecule has 2 aromatic rings. The monoisotopic (exact) mass is 262 g/mol. The van der Waals surface area contributed by atoms with E-state index in [1.54, 1.807) is 12.4 Å². The second-order valence-electron chi connectivity index (χ2n) is 4.27. The van der Waals surface area contributed by atoms with Gasteiger partial charge in [-0.25, -0.2) is 0 Å². The highest BCUT2D eigenvalue weighted by Crippen LogP contribution is 2.28. The quantitative estimate of drug-likeness (QED) is 0.811. The molecule has 3 rings (SSSR count). The number of nitrogen functional groups attached to an aromatic ring is 1. The van der Waals surface area contributed by atoms with Crippen molar-refractivity contribution >= 4 is 18.1 Å². The standard InChI is InChI=1S/C13H14N4.ClH/c14-11-3-1-9(2-4-11)12-13(10-7-15-8-10)17-6-5-16-12;/h1-6,10,15H,7-8,14H2;1H. The van der Waals surface area contributed by atoms with Crippen LogP contribution >= 0.6 is 12.4 Å². The Kier molecular flexibility index (Phi) is 3.79. The number of halogens is 1. The minimum absolute atomic E-state index is 0. The number of nitrogens with one attached hydrogen (secondary N) is 1. The Balaban J connectivity index is 0.00000120. The molecule has 1 aliphatic heterocycles. The van der Waals surface area contributed by atoms with E-state index < -0.39 is 0 Å². The maximum Gasteiger partial charge on any atom is 0.0921 e. The van der Waals surface area contributed by atoms with E-state index in [1.807, 2.05) is 24.3 Å². The van der Waals surface area contributed by atoms with Crippen molar-refractivity contribution in [3.63, 3.8) is 0 Å². The summed E-state index contributed by atoms with van der Waals surface area (Å²) in [5.41, 5.74) is 9.59. The third-order valence-corrected chi connectivity index (χ3v) is 3.08. The van der Waals surface area contributed by atoms with Crippen LogP contribution in [0.3, 0.4) is 0 Å². The van der Waals surface area contributed by atoms with Gasteiger partial charge in [-0.1, -0.05) is 12.1 Å². The van der Waals surface area contributed by atoms with Crippen molar-refractivity contribution in [2.75, 3.05) is 18.8 Å². The van der Waals surface area contributed by atoms with Crippen molar-refractivity contribution in [2.24, 2.45) is 0 Å². The van der Waals surface area contributed by atoms with Gasteiger partial charge >= 0.3 is 0 Å². The molecule has 1 saturated heterocycles. The molecule has 5 heteroatoms. The summed E-state index contributed by atoms with van der Waals surface area (Å²) in [5, 5.41) is 3.26. The van der Waals surface area contributed by atoms with Crippen LogP contribution < -0.4 is 11.1 Å². The first-order chi connectivity index (χ1) is 8.34. The van der Waals surface area contributed by atoms with E-state index in [9.17, 15) is 0 Å². The molecule has 1 fully saturated rings. The molecule has 0 spiro atoms. The maximum atomic E-state index is 5.69. The van der Waals surface area contributed by atoms with Crippen molar-refractivity contribution < 1.29 is 0 Å². The van der Waals surface area contributed by atoms with Crippen LogP contribution in [-0.4, -0.2) is 23.1 Å². The topological polar surface area (TPSA) is 63.8 Å². The number of nitrogens with two attached hydrogens (primary N) is 1. The Hall–Kier alpha value is -1.65. The first-order valence-electron chi connectivity index (χ1n) is 5.72. The fourth-order valence-electron chi connectivity index (χ4n) is 1.99. The lowest BCUT2D eigenvalue weighted by Gasteiger charge is -2.27. The average molecular weight is 263 g/mol. The van der Waals surface area contributed by atoms with Gasteiger partial charge in [-0.2, -0.15) is 0 Å². The van der Waals surface area contributed by atoms with Crippen LogP contribution in [0.25, 0.3) is 11.3 Å². The van der Waals surface area contributed by atoms with Gasteiger partial charge in [-0.15, -0.1) is 12.4 Å². The second-order valence-corrected chi connectivity index (χ2v) is 4.27. The highest BCUT2D eigenvalue weighted by molar-refractivity contribution is 5.85. The summed E-state index contributed by atoms with van der Waals surface area (Å²) in [6.45, 7) is 1.97. The Bertz CT molecular complexity index is 523. The van der Waals surface area contributed by atoms with Crippen molar-refractivity contribution in [3.05, 3.63) is 42.4 Å². The van der Waals surface area contributed by atoms with Crippen LogP contribution in [0.1, 0.15) is 11.6 Å². The molecule has 0 saturated carbocycles. The van der Waals surface area contributed by atoms with E-state index in [0.29, 0.717) is 5.92 Å². The molecule has 1 aromatic carbocycles. The number of rotatable bonds is 2. The molecule has 0 aliphatic carbocycles. The van der Waals surface area contributed by atoms with Gasteiger partial charge in [-0.05, 0) is 12.1 Å². The normalized spacial score (nSPS) is 14.7. The third kappa shape index (κ3) is 2.30. The smallest absolute Gasteiger partial charge is 0.0921 e. The summed E-state index contributed by atoms with van der Waals surface area (Å²) >= 11 is 0. The largest absolute Gasteiger partial charge is 0.399 e. The van der Waals surface area contributed by atoms with Gasteiger partial charge < -0.3 is 11.1 Å². The van der Waals surface area contributed by atoms with Crippen LogP contribution in [-0.2, 0) is 0 Å².